The van der Waals surface area contributed by atoms with Crippen molar-refractivity contribution in [2.75, 3.05) is 11.4 Å². The molecule has 1 saturated heterocycles. The largest absolute Gasteiger partial charge is 0.297 e. The fourth-order valence-corrected chi connectivity index (χ4v) is 1.47. The van der Waals surface area contributed by atoms with Gasteiger partial charge in [0, 0.05) is 5.69 Å². The average Bonchev–Trinajstić information content (AvgIpc) is 2.45. The van der Waals surface area contributed by atoms with Crippen LogP contribution in [0.25, 0.3) is 0 Å². The number of aryl methyl sites for hydroxylation is 1. The molecule has 72 valence electrons. The molecule has 4 nitrogen and oxygen atoms in total. The van der Waals surface area contributed by atoms with E-state index in [4.69, 9.17) is 0 Å². The summed E-state index contributed by atoms with van der Waals surface area (Å²) in [5, 5.41) is 0. The van der Waals surface area contributed by atoms with Gasteiger partial charge in [-0.15, -0.1) is 0 Å². The summed E-state index contributed by atoms with van der Waals surface area (Å²) < 4.78 is 0. The lowest BCUT2D eigenvalue weighted by atomic mass is 10.3. The quantitative estimate of drug-likeness (QED) is 0.612. The Labute approximate surface area is 81.6 Å². The number of Topliss-reactive ketones (excluding diaryl/α,β-unsaturated/α-hetero) is 1. The van der Waals surface area contributed by atoms with Crippen LogP contribution < -0.4 is 4.90 Å². The van der Waals surface area contributed by atoms with Gasteiger partial charge in [-0.25, -0.2) is 4.98 Å². The lowest BCUT2D eigenvalue weighted by molar-refractivity contribution is -0.121. The minimum Gasteiger partial charge on any atom is -0.297 e. The maximum atomic E-state index is 11.4. The summed E-state index contributed by atoms with van der Waals surface area (Å²) in [7, 11) is 0. The summed E-state index contributed by atoms with van der Waals surface area (Å²) in [6.07, 6.45) is 0.00955. The van der Waals surface area contributed by atoms with Crippen LogP contribution in [0, 0.1) is 6.92 Å². The second-order valence-corrected chi connectivity index (χ2v) is 3.33. The van der Waals surface area contributed by atoms with Crippen molar-refractivity contribution in [1.29, 1.82) is 0 Å². The van der Waals surface area contributed by atoms with E-state index in [2.05, 4.69) is 4.98 Å². The third-order valence-electron chi connectivity index (χ3n) is 2.13. The standard InChI is InChI=1S/C10H10N2O2/c1-7-3-2-4-9(11-7)12-6-8(13)5-10(12)14/h2-4H,5-6H2,1H3. The molecule has 0 unspecified atom stereocenters. The Morgan fingerprint density at radius 2 is 2.14 bits per heavy atom. The molecule has 0 bridgehead atoms. The number of nitrogens with zero attached hydrogens (tertiary/aromatic N) is 2. The van der Waals surface area contributed by atoms with E-state index in [9.17, 15) is 9.59 Å². The van der Waals surface area contributed by atoms with Crippen LogP contribution >= 0.6 is 0 Å². The lowest BCUT2D eigenvalue weighted by Gasteiger charge is -2.13. The van der Waals surface area contributed by atoms with Crippen LogP contribution in [0.5, 0.6) is 0 Å². The summed E-state index contributed by atoms with van der Waals surface area (Å²) in [5.41, 5.74) is 0.842. The maximum absolute atomic E-state index is 11.4. The highest BCUT2D eigenvalue weighted by molar-refractivity contribution is 6.14. The minimum atomic E-state index is -0.159. The zero-order chi connectivity index (χ0) is 10.1. The zero-order valence-corrected chi connectivity index (χ0v) is 7.86. The van der Waals surface area contributed by atoms with Crippen molar-refractivity contribution in [2.45, 2.75) is 13.3 Å². The molecular weight excluding hydrogens is 180 g/mol. The Bertz CT molecular complexity index is 401. The summed E-state index contributed by atoms with van der Waals surface area (Å²) in [5.74, 6) is 0.368. The molecule has 14 heavy (non-hydrogen) atoms. The van der Waals surface area contributed by atoms with Crippen LogP contribution in [-0.4, -0.2) is 23.2 Å². The van der Waals surface area contributed by atoms with Crippen LogP contribution in [0.3, 0.4) is 0 Å². The van der Waals surface area contributed by atoms with Crippen LogP contribution in [0.2, 0.25) is 0 Å². The molecule has 1 aliphatic heterocycles. The van der Waals surface area contributed by atoms with Crippen molar-refractivity contribution < 1.29 is 9.59 Å². The van der Waals surface area contributed by atoms with E-state index < -0.39 is 0 Å². The maximum Gasteiger partial charge on any atom is 0.236 e. The zero-order valence-electron chi connectivity index (χ0n) is 7.86. The molecule has 2 heterocycles. The van der Waals surface area contributed by atoms with E-state index in [0.29, 0.717) is 5.82 Å². The van der Waals surface area contributed by atoms with Crippen LogP contribution in [0.15, 0.2) is 18.2 Å². The summed E-state index contributed by atoms with van der Waals surface area (Å²) in [4.78, 5) is 28.0. The number of pyridine rings is 1. The molecule has 2 rings (SSSR count). The highest BCUT2D eigenvalue weighted by Gasteiger charge is 2.29. The number of rotatable bonds is 1. The molecule has 0 spiro atoms. The first-order chi connectivity index (χ1) is 6.66. The number of aromatic nitrogens is 1. The van der Waals surface area contributed by atoms with Crippen molar-refractivity contribution >= 4 is 17.5 Å². The van der Waals surface area contributed by atoms with Crippen molar-refractivity contribution in [3.8, 4) is 0 Å². The Kier molecular flexibility index (Phi) is 2.04. The van der Waals surface area contributed by atoms with Gasteiger partial charge >= 0.3 is 0 Å². The third-order valence-corrected chi connectivity index (χ3v) is 2.13. The van der Waals surface area contributed by atoms with Gasteiger partial charge in [0.15, 0.2) is 5.78 Å². The van der Waals surface area contributed by atoms with E-state index >= 15 is 0 Å². The van der Waals surface area contributed by atoms with Gasteiger partial charge in [0.1, 0.15) is 5.82 Å². The Morgan fingerprint density at radius 1 is 1.36 bits per heavy atom. The number of hydrogen-bond acceptors (Lipinski definition) is 3. The molecule has 0 saturated carbocycles. The molecule has 0 atom stereocenters. The predicted molar refractivity (Wildman–Crippen MR) is 51.0 cm³/mol. The second-order valence-electron chi connectivity index (χ2n) is 3.33. The first-order valence-corrected chi connectivity index (χ1v) is 4.42. The molecule has 0 radical (unpaired) electrons. The number of carbonyl (C=O) groups excluding carboxylic acids is 2. The fourth-order valence-electron chi connectivity index (χ4n) is 1.47. The summed E-state index contributed by atoms with van der Waals surface area (Å²) in [6, 6.07) is 5.42. The van der Waals surface area contributed by atoms with Gasteiger partial charge in [-0.3, -0.25) is 14.5 Å². The van der Waals surface area contributed by atoms with Gasteiger partial charge in [0.05, 0.1) is 13.0 Å². The number of carbonyl (C=O) groups is 2. The SMILES string of the molecule is Cc1cccc(N2CC(=O)CC2=O)n1. The number of anilines is 1. The van der Waals surface area contributed by atoms with Crippen LogP contribution in [0.4, 0.5) is 5.82 Å². The fraction of sp³-hybridized carbons (Fsp3) is 0.300. The van der Waals surface area contributed by atoms with Crippen LogP contribution in [-0.2, 0) is 9.59 Å². The molecule has 0 aliphatic carbocycles. The summed E-state index contributed by atoms with van der Waals surface area (Å²) in [6.45, 7) is 2.02. The topological polar surface area (TPSA) is 50.3 Å². The van der Waals surface area contributed by atoms with E-state index in [-0.39, 0.29) is 24.7 Å². The molecule has 4 heteroatoms. The second kappa shape index (κ2) is 3.21. The molecule has 1 aromatic heterocycles. The van der Waals surface area contributed by atoms with Crippen molar-refractivity contribution in [3.05, 3.63) is 23.9 Å². The predicted octanol–water partition coefficient (Wildman–Crippen LogP) is 0.696. The molecule has 0 aromatic carbocycles. The minimum absolute atomic E-state index is 0.00955. The van der Waals surface area contributed by atoms with Gasteiger partial charge in [-0.2, -0.15) is 0 Å². The molecule has 1 amide bonds. The van der Waals surface area contributed by atoms with Crippen molar-refractivity contribution in [1.82, 2.24) is 4.98 Å². The smallest absolute Gasteiger partial charge is 0.236 e. The Balaban J connectivity index is 2.31. The van der Waals surface area contributed by atoms with Gasteiger partial charge in [0.25, 0.3) is 0 Å². The van der Waals surface area contributed by atoms with Gasteiger partial charge in [-0.1, -0.05) is 6.07 Å². The number of hydrogen-bond donors (Lipinski definition) is 0. The normalized spacial score (nSPS) is 16.5. The highest BCUT2D eigenvalue weighted by Crippen LogP contribution is 2.16. The Morgan fingerprint density at radius 3 is 2.71 bits per heavy atom. The monoisotopic (exact) mass is 190 g/mol. The molecule has 1 aliphatic rings. The van der Waals surface area contributed by atoms with Gasteiger partial charge < -0.3 is 0 Å². The van der Waals surface area contributed by atoms with Crippen LogP contribution in [0.1, 0.15) is 12.1 Å². The highest BCUT2D eigenvalue weighted by atomic mass is 16.2. The van der Waals surface area contributed by atoms with E-state index in [0.717, 1.165) is 5.69 Å². The third kappa shape index (κ3) is 1.51. The Hall–Kier alpha value is -1.71. The van der Waals surface area contributed by atoms with E-state index in [1.54, 1.807) is 6.07 Å². The number of ketones is 1. The molecule has 1 fully saturated rings. The first kappa shape index (κ1) is 8.87. The van der Waals surface area contributed by atoms with E-state index in [1.807, 2.05) is 19.1 Å². The molecule has 0 N–H and O–H groups in total. The van der Waals surface area contributed by atoms with Gasteiger partial charge in [0.2, 0.25) is 5.91 Å². The van der Waals surface area contributed by atoms with Crippen molar-refractivity contribution in [3.63, 3.8) is 0 Å². The van der Waals surface area contributed by atoms with Crippen molar-refractivity contribution in [2.24, 2.45) is 0 Å². The average molecular weight is 190 g/mol. The molecule has 1 aromatic rings. The lowest BCUT2D eigenvalue weighted by Crippen LogP contribution is -2.25. The number of amides is 1. The van der Waals surface area contributed by atoms with E-state index in [1.165, 1.54) is 4.90 Å². The summed E-state index contributed by atoms with van der Waals surface area (Å²) >= 11 is 0. The molecular formula is C10H10N2O2. The first-order valence-electron chi connectivity index (χ1n) is 4.42. The van der Waals surface area contributed by atoms with Gasteiger partial charge in [-0.05, 0) is 19.1 Å².